The molecule has 1 atom stereocenters. The van der Waals surface area contributed by atoms with Crippen molar-refractivity contribution in [3.05, 3.63) is 59.7 Å². The third-order valence-corrected chi connectivity index (χ3v) is 4.71. The standard InChI is InChI=1S/C20H25N3O2/c1-14(9-10-16-6-5-11-25-16)22-12-18-15(2)23(13-20(21)24)19-8-4-3-7-17(18)19/h3-8,11,14,22H,9-10,12-13H2,1-2H3,(H2,21,24)/t14-/m0/s1. The number of aryl methyl sites for hydroxylation is 1. The fraction of sp³-hybridized carbons (Fsp3) is 0.350. The van der Waals surface area contributed by atoms with Crippen molar-refractivity contribution < 1.29 is 9.21 Å². The van der Waals surface area contributed by atoms with E-state index >= 15 is 0 Å². The molecule has 3 N–H and O–H groups in total. The number of aromatic nitrogens is 1. The molecule has 0 fully saturated rings. The Kier molecular flexibility index (Phi) is 5.24. The van der Waals surface area contributed by atoms with E-state index in [2.05, 4.69) is 18.3 Å². The van der Waals surface area contributed by atoms with Crippen LogP contribution < -0.4 is 11.1 Å². The van der Waals surface area contributed by atoms with Crippen molar-refractivity contribution in [1.29, 1.82) is 0 Å². The Labute approximate surface area is 147 Å². The normalized spacial score (nSPS) is 12.6. The maximum absolute atomic E-state index is 11.4. The summed E-state index contributed by atoms with van der Waals surface area (Å²) in [7, 11) is 0. The van der Waals surface area contributed by atoms with Crippen molar-refractivity contribution in [2.75, 3.05) is 0 Å². The van der Waals surface area contributed by atoms with Crippen molar-refractivity contribution in [2.45, 2.75) is 45.8 Å². The van der Waals surface area contributed by atoms with Crippen LogP contribution in [0.15, 0.2) is 47.1 Å². The summed E-state index contributed by atoms with van der Waals surface area (Å²) in [5, 5.41) is 4.76. The van der Waals surface area contributed by atoms with Gasteiger partial charge < -0.3 is 20.0 Å². The zero-order chi connectivity index (χ0) is 17.8. The lowest BCUT2D eigenvalue weighted by Gasteiger charge is -2.13. The van der Waals surface area contributed by atoms with Gasteiger partial charge in [-0.2, -0.15) is 0 Å². The van der Waals surface area contributed by atoms with Gasteiger partial charge in [-0.15, -0.1) is 0 Å². The first-order chi connectivity index (χ1) is 12.1. The number of para-hydroxylation sites is 1. The molecule has 0 aliphatic carbocycles. The molecule has 5 heteroatoms. The molecule has 2 aromatic heterocycles. The lowest BCUT2D eigenvalue weighted by atomic mass is 10.1. The molecule has 0 aliphatic heterocycles. The SMILES string of the molecule is Cc1c(CN[C@@H](C)CCc2ccco2)c2ccccc2n1CC(N)=O. The fourth-order valence-corrected chi connectivity index (χ4v) is 3.28. The number of benzene rings is 1. The van der Waals surface area contributed by atoms with Crippen LogP contribution in [-0.4, -0.2) is 16.5 Å². The zero-order valence-electron chi connectivity index (χ0n) is 14.8. The Morgan fingerprint density at radius 1 is 1.28 bits per heavy atom. The molecule has 25 heavy (non-hydrogen) atoms. The topological polar surface area (TPSA) is 73.2 Å². The minimum atomic E-state index is -0.324. The van der Waals surface area contributed by atoms with Crippen LogP contribution in [0.3, 0.4) is 0 Å². The Morgan fingerprint density at radius 2 is 2.08 bits per heavy atom. The molecule has 3 aromatic rings. The summed E-state index contributed by atoms with van der Waals surface area (Å²) in [5.74, 6) is 0.693. The first kappa shape index (κ1) is 17.3. The molecule has 0 radical (unpaired) electrons. The van der Waals surface area contributed by atoms with Crippen LogP contribution in [0.5, 0.6) is 0 Å². The third kappa shape index (κ3) is 3.94. The Balaban J connectivity index is 1.72. The number of furan rings is 1. The van der Waals surface area contributed by atoms with Gasteiger partial charge in [0.1, 0.15) is 12.3 Å². The molecule has 0 aliphatic rings. The van der Waals surface area contributed by atoms with Gasteiger partial charge in [-0.1, -0.05) is 18.2 Å². The number of carbonyl (C=O) groups excluding carboxylic acids is 1. The summed E-state index contributed by atoms with van der Waals surface area (Å²) in [5.41, 5.74) is 8.78. The Bertz CT molecular complexity index is 849. The molecule has 0 saturated heterocycles. The maximum Gasteiger partial charge on any atom is 0.237 e. The highest BCUT2D eigenvalue weighted by Gasteiger charge is 2.15. The summed E-state index contributed by atoms with van der Waals surface area (Å²) in [4.78, 5) is 11.4. The van der Waals surface area contributed by atoms with Gasteiger partial charge >= 0.3 is 0 Å². The molecule has 1 aromatic carbocycles. The van der Waals surface area contributed by atoms with Crippen LogP contribution in [0, 0.1) is 6.92 Å². The van der Waals surface area contributed by atoms with E-state index < -0.39 is 0 Å². The van der Waals surface area contributed by atoms with Gasteiger partial charge in [-0.3, -0.25) is 4.79 Å². The quantitative estimate of drug-likeness (QED) is 0.662. The van der Waals surface area contributed by atoms with Crippen LogP contribution in [0.25, 0.3) is 10.9 Å². The number of nitrogens with one attached hydrogen (secondary N) is 1. The lowest BCUT2D eigenvalue weighted by Crippen LogP contribution is -2.26. The summed E-state index contributed by atoms with van der Waals surface area (Å²) >= 11 is 0. The van der Waals surface area contributed by atoms with Crippen molar-refractivity contribution in [2.24, 2.45) is 5.73 Å². The first-order valence-electron chi connectivity index (χ1n) is 8.67. The van der Waals surface area contributed by atoms with Crippen LogP contribution in [0.2, 0.25) is 0 Å². The third-order valence-electron chi connectivity index (χ3n) is 4.71. The Morgan fingerprint density at radius 3 is 2.80 bits per heavy atom. The number of hydrogen-bond donors (Lipinski definition) is 2. The number of amides is 1. The smallest absolute Gasteiger partial charge is 0.237 e. The number of nitrogens with two attached hydrogens (primary N) is 1. The summed E-state index contributed by atoms with van der Waals surface area (Å²) in [6.07, 6.45) is 3.64. The Hall–Kier alpha value is -2.53. The molecule has 0 spiro atoms. The minimum absolute atomic E-state index is 0.209. The minimum Gasteiger partial charge on any atom is -0.469 e. The molecule has 0 saturated carbocycles. The van der Waals surface area contributed by atoms with E-state index in [1.54, 1.807) is 6.26 Å². The number of carbonyl (C=O) groups is 1. The van der Waals surface area contributed by atoms with Crippen LogP contribution >= 0.6 is 0 Å². The average molecular weight is 339 g/mol. The second kappa shape index (κ2) is 7.57. The van der Waals surface area contributed by atoms with Crippen LogP contribution in [0.4, 0.5) is 0 Å². The number of primary amides is 1. The van der Waals surface area contributed by atoms with Gasteiger partial charge in [0.05, 0.1) is 6.26 Å². The van der Waals surface area contributed by atoms with E-state index in [0.717, 1.165) is 36.4 Å². The summed E-state index contributed by atoms with van der Waals surface area (Å²) in [6.45, 7) is 5.20. The summed E-state index contributed by atoms with van der Waals surface area (Å²) in [6, 6.07) is 12.4. The molecule has 0 bridgehead atoms. The largest absolute Gasteiger partial charge is 0.469 e. The fourth-order valence-electron chi connectivity index (χ4n) is 3.28. The van der Waals surface area contributed by atoms with Crippen molar-refractivity contribution in [1.82, 2.24) is 9.88 Å². The molecular weight excluding hydrogens is 314 g/mol. The van der Waals surface area contributed by atoms with Crippen molar-refractivity contribution in [3.8, 4) is 0 Å². The van der Waals surface area contributed by atoms with Gasteiger partial charge in [-0.05, 0) is 44.0 Å². The number of fused-ring (bicyclic) bond motifs is 1. The predicted molar refractivity (Wildman–Crippen MR) is 99.2 cm³/mol. The molecule has 132 valence electrons. The van der Waals surface area contributed by atoms with E-state index in [9.17, 15) is 4.79 Å². The molecule has 1 amide bonds. The molecule has 2 heterocycles. The van der Waals surface area contributed by atoms with Gasteiger partial charge in [0.2, 0.25) is 5.91 Å². The monoisotopic (exact) mass is 339 g/mol. The van der Waals surface area contributed by atoms with Gasteiger partial charge in [0.25, 0.3) is 0 Å². The number of hydrogen-bond acceptors (Lipinski definition) is 3. The highest BCUT2D eigenvalue weighted by Crippen LogP contribution is 2.26. The molecule has 0 unspecified atom stereocenters. The van der Waals surface area contributed by atoms with E-state index in [1.165, 1.54) is 10.9 Å². The van der Waals surface area contributed by atoms with Crippen molar-refractivity contribution in [3.63, 3.8) is 0 Å². The number of rotatable bonds is 8. The van der Waals surface area contributed by atoms with Crippen molar-refractivity contribution >= 4 is 16.8 Å². The lowest BCUT2D eigenvalue weighted by molar-refractivity contribution is -0.118. The average Bonchev–Trinajstić information content (AvgIpc) is 3.19. The highest BCUT2D eigenvalue weighted by atomic mass is 16.3. The predicted octanol–water partition coefficient (Wildman–Crippen LogP) is 3.14. The van der Waals surface area contributed by atoms with E-state index in [-0.39, 0.29) is 12.5 Å². The van der Waals surface area contributed by atoms with E-state index in [0.29, 0.717) is 6.04 Å². The highest BCUT2D eigenvalue weighted by molar-refractivity contribution is 5.87. The van der Waals surface area contributed by atoms with Gasteiger partial charge in [-0.25, -0.2) is 0 Å². The first-order valence-corrected chi connectivity index (χ1v) is 8.67. The second-order valence-corrected chi connectivity index (χ2v) is 6.53. The number of nitrogens with zero attached hydrogens (tertiary/aromatic N) is 1. The maximum atomic E-state index is 11.4. The van der Waals surface area contributed by atoms with Crippen LogP contribution in [0.1, 0.15) is 30.4 Å². The molecule has 3 rings (SSSR count). The molecule has 5 nitrogen and oxygen atoms in total. The van der Waals surface area contributed by atoms with Crippen LogP contribution in [-0.2, 0) is 24.3 Å². The summed E-state index contributed by atoms with van der Waals surface area (Å²) < 4.78 is 7.39. The second-order valence-electron chi connectivity index (χ2n) is 6.53. The molecular formula is C20H25N3O2. The van der Waals surface area contributed by atoms with Gasteiger partial charge in [0, 0.05) is 35.6 Å². The van der Waals surface area contributed by atoms with E-state index in [4.69, 9.17) is 10.2 Å². The van der Waals surface area contributed by atoms with Gasteiger partial charge in [0.15, 0.2) is 0 Å². The zero-order valence-corrected chi connectivity index (χ0v) is 14.8. The van der Waals surface area contributed by atoms with E-state index in [1.807, 2.05) is 41.8 Å².